The van der Waals surface area contributed by atoms with E-state index in [-0.39, 0.29) is 5.56 Å². The van der Waals surface area contributed by atoms with Crippen LogP contribution in [-0.4, -0.2) is 38.9 Å². The molecular formula is C17H16FN7O. The standard InChI is InChI=1S/C17H16FN7O/c18-13-10-19-6-4-12(13)17(26)22-8-7-21-15-9-16(24-11-23-15)25-14-3-1-2-5-20-14/h1-6,9-11H,7-8H2,(H,22,26)(H2,20,21,23,24,25). The highest BCUT2D eigenvalue weighted by Crippen LogP contribution is 2.13. The van der Waals surface area contributed by atoms with Crippen molar-refractivity contribution in [1.82, 2.24) is 25.3 Å². The zero-order valence-corrected chi connectivity index (χ0v) is 13.7. The molecule has 26 heavy (non-hydrogen) atoms. The number of carbonyl (C=O) groups is 1. The molecule has 0 aliphatic rings. The van der Waals surface area contributed by atoms with Crippen molar-refractivity contribution in [1.29, 1.82) is 0 Å². The van der Waals surface area contributed by atoms with Crippen LogP contribution < -0.4 is 16.0 Å². The quantitative estimate of drug-likeness (QED) is 0.558. The van der Waals surface area contributed by atoms with Gasteiger partial charge in [-0.3, -0.25) is 9.78 Å². The molecule has 0 bridgehead atoms. The van der Waals surface area contributed by atoms with Crippen LogP contribution in [0, 0.1) is 5.82 Å². The van der Waals surface area contributed by atoms with Gasteiger partial charge in [0.25, 0.3) is 5.91 Å². The van der Waals surface area contributed by atoms with Crippen molar-refractivity contribution < 1.29 is 9.18 Å². The molecule has 0 saturated heterocycles. The van der Waals surface area contributed by atoms with E-state index in [1.54, 1.807) is 12.3 Å². The maximum Gasteiger partial charge on any atom is 0.254 e. The summed E-state index contributed by atoms with van der Waals surface area (Å²) in [5.41, 5.74) is -0.0381. The predicted molar refractivity (Wildman–Crippen MR) is 94.6 cm³/mol. The van der Waals surface area contributed by atoms with Gasteiger partial charge < -0.3 is 16.0 Å². The minimum Gasteiger partial charge on any atom is -0.368 e. The van der Waals surface area contributed by atoms with Crippen LogP contribution in [0.5, 0.6) is 0 Å². The summed E-state index contributed by atoms with van der Waals surface area (Å²) in [5, 5.41) is 8.75. The SMILES string of the molecule is O=C(NCCNc1cc(Nc2ccccn2)ncn1)c1ccncc1F. The van der Waals surface area contributed by atoms with Crippen molar-refractivity contribution in [3.63, 3.8) is 0 Å². The first-order valence-electron chi connectivity index (χ1n) is 7.84. The Labute approximate surface area is 148 Å². The number of amides is 1. The number of hydrogen-bond acceptors (Lipinski definition) is 7. The average molecular weight is 353 g/mol. The van der Waals surface area contributed by atoms with E-state index in [0.29, 0.717) is 30.5 Å². The largest absolute Gasteiger partial charge is 0.368 e. The second-order valence-corrected chi connectivity index (χ2v) is 5.17. The highest BCUT2D eigenvalue weighted by Gasteiger charge is 2.10. The van der Waals surface area contributed by atoms with E-state index < -0.39 is 11.7 Å². The smallest absolute Gasteiger partial charge is 0.254 e. The fraction of sp³-hybridized carbons (Fsp3) is 0.118. The Morgan fingerprint density at radius 1 is 1.00 bits per heavy atom. The molecule has 0 spiro atoms. The molecule has 3 rings (SSSR count). The first kappa shape index (κ1) is 17.2. The lowest BCUT2D eigenvalue weighted by Gasteiger charge is -2.09. The maximum absolute atomic E-state index is 13.5. The molecule has 0 radical (unpaired) electrons. The number of nitrogens with zero attached hydrogens (tertiary/aromatic N) is 4. The zero-order valence-electron chi connectivity index (χ0n) is 13.7. The molecule has 9 heteroatoms. The minimum absolute atomic E-state index is 0.0381. The minimum atomic E-state index is -0.654. The molecule has 8 nitrogen and oxygen atoms in total. The molecule has 0 aromatic carbocycles. The highest BCUT2D eigenvalue weighted by atomic mass is 19.1. The van der Waals surface area contributed by atoms with Gasteiger partial charge in [-0.2, -0.15) is 0 Å². The third-order valence-electron chi connectivity index (χ3n) is 3.32. The van der Waals surface area contributed by atoms with Gasteiger partial charge in [-0.15, -0.1) is 0 Å². The molecule has 0 aliphatic carbocycles. The number of nitrogens with one attached hydrogen (secondary N) is 3. The lowest BCUT2D eigenvalue weighted by molar-refractivity contribution is 0.0951. The summed E-state index contributed by atoms with van der Waals surface area (Å²) in [7, 11) is 0. The first-order valence-corrected chi connectivity index (χ1v) is 7.84. The van der Waals surface area contributed by atoms with Gasteiger partial charge >= 0.3 is 0 Å². The molecule has 1 amide bonds. The van der Waals surface area contributed by atoms with E-state index in [0.717, 1.165) is 6.20 Å². The third-order valence-corrected chi connectivity index (χ3v) is 3.32. The van der Waals surface area contributed by atoms with E-state index in [9.17, 15) is 9.18 Å². The van der Waals surface area contributed by atoms with E-state index in [4.69, 9.17) is 0 Å². The fourth-order valence-electron chi connectivity index (χ4n) is 2.11. The zero-order chi connectivity index (χ0) is 18.2. The van der Waals surface area contributed by atoms with Crippen LogP contribution in [-0.2, 0) is 0 Å². The predicted octanol–water partition coefficient (Wildman–Crippen LogP) is 1.99. The number of aromatic nitrogens is 4. The van der Waals surface area contributed by atoms with E-state index >= 15 is 0 Å². The Bertz CT molecular complexity index is 876. The number of halogens is 1. The Balaban J connectivity index is 1.48. The molecule has 3 N–H and O–H groups in total. The van der Waals surface area contributed by atoms with Gasteiger partial charge in [0, 0.05) is 31.5 Å². The molecule has 0 unspecified atom stereocenters. The van der Waals surface area contributed by atoms with Crippen molar-refractivity contribution >= 4 is 23.4 Å². The molecule has 0 saturated carbocycles. The second kappa shape index (κ2) is 8.47. The van der Waals surface area contributed by atoms with Crippen molar-refractivity contribution in [3.8, 4) is 0 Å². The highest BCUT2D eigenvalue weighted by molar-refractivity contribution is 5.94. The average Bonchev–Trinajstić information content (AvgIpc) is 2.66. The van der Waals surface area contributed by atoms with Gasteiger partial charge in [-0.1, -0.05) is 6.07 Å². The molecule has 3 heterocycles. The van der Waals surface area contributed by atoms with E-state index in [2.05, 4.69) is 35.9 Å². The summed E-state index contributed by atoms with van der Waals surface area (Å²) in [6.07, 6.45) is 5.47. The molecular weight excluding hydrogens is 337 g/mol. The molecule has 0 aliphatic heterocycles. The van der Waals surface area contributed by atoms with E-state index in [1.165, 1.54) is 18.6 Å². The molecule has 0 atom stereocenters. The lowest BCUT2D eigenvalue weighted by atomic mass is 10.2. The fourth-order valence-corrected chi connectivity index (χ4v) is 2.11. The summed E-state index contributed by atoms with van der Waals surface area (Å²) in [6.45, 7) is 0.714. The topological polar surface area (TPSA) is 105 Å². The molecule has 3 aromatic heterocycles. The van der Waals surface area contributed by atoms with Crippen molar-refractivity contribution in [2.75, 3.05) is 23.7 Å². The van der Waals surface area contributed by atoms with Crippen molar-refractivity contribution in [2.45, 2.75) is 0 Å². The first-order chi connectivity index (χ1) is 12.7. The Hall–Kier alpha value is -3.62. The number of carbonyl (C=O) groups excluding carboxylic acids is 1. The summed E-state index contributed by atoms with van der Waals surface area (Å²) >= 11 is 0. The van der Waals surface area contributed by atoms with Crippen molar-refractivity contribution in [3.05, 3.63) is 66.6 Å². The van der Waals surface area contributed by atoms with Gasteiger partial charge in [-0.25, -0.2) is 19.3 Å². The number of hydrogen-bond donors (Lipinski definition) is 3. The monoisotopic (exact) mass is 353 g/mol. The van der Waals surface area contributed by atoms with Crippen LogP contribution in [0.1, 0.15) is 10.4 Å². The van der Waals surface area contributed by atoms with Gasteiger partial charge in [0.2, 0.25) is 0 Å². The summed E-state index contributed by atoms with van der Waals surface area (Å²) < 4.78 is 13.5. The number of anilines is 3. The van der Waals surface area contributed by atoms with Crippen LogP contribution >= 0.6 is 0 Å². The maximum atomic E-state index is 13.5. The number of pyridine rings is 2. The summed E-state index contributed by atoms with van der Waals surface area (Å²) in [4.78, 5) is 27.9. The van der Waals surface area contributed by atoms with Crippen LogP contribution in [0.25, 0.3) is 0 Å². The molecule has 0 fully saturated rings. The Morgan fingerprint density at radius 3 is 2.69 bits per heavy atom. The van der Waals surface area contributed by atoms with Crippen LogP contribution in [0.4, 0.5) is 21.8 Å². The second-order valence-electron chi connectivity index (χ2n) is 5.17. The Morgan fingerprint density at radius 2 is 1.88 bits per heavy atom. The van der Waals surface area contributed by atoms with Crippen LogP contribution in [0.2, 0.25) is 0 Å². The molecule has 132 valence electrons. The van der Waals surface area contributed by atoms with Crippen LogP contribution in [0.3, 0.4) is 0 Å². The third kappa shape index (κ3) is 4.69. The van der Waals surface area contributed by atoms with Gasteiger partial charge in [0.15, 0.2) is 5.82 Å². The Kier molecular flexibility index (Phi) is 5.61. The van der Waals surface area contributed by atoms with Gasteiger partial charge in [0.05, 0.1) is 11.8 Å². The number of rotatable bonds is 7. The lowest BCUT2D eigenvalue weighted by Crippen LogP contribution is -2.29. The normalized spacial score (nSPS) is 10.2. The van der Waals surface area contributed by atoms with Crippen molar-refractivity contribution in [2.24, 2.45) is 0 Å². The van der Waals surface area contributed by atoms with Gasteiger partial charge in [0.1, 0.15) is 23.8 Å². The summed E-state index contributed by atoms with van der Waals surface area (Å²) in [6, 6.07) is 8.56. The summed E-state index contributed by atoms with van der Waals surface area (Å²) in [5.74, 6) is 0.696. The van der Waals surface area contributed by atoms with Crippen LogP contribution in [0.15, 0.2) is 55.2 Å². The van der Waals surface area contributed by atoms with Gasteiger partial charge in [-0.05, 0) is 18.2 Å². The van der Waals surface area contributed by atoms with E-state index in [1.807, 2.05) is 18.2 Å². The molecule has 3 aromatic rings.